The summed E-state index contributed by atoms with van der Waals surface area (Å²) in [4.78, 5) is 12.6. The van der Waals surface area contributed by atoms with Crippen molar-refractivity contribution in [1.29, 1.82) is 0 Å². The molecule has 1 fully saturated rings. The van der Waals surface area contributed by atoms with Gasteiger partial charge in [-0.25, -0.2) is 8.42 Å². The maximum absolute atomic E-state index is 12.6. The summed E-state index contributed by atoms with van der Waals surface area (Å²) in [6.45, 7) is 4.70. The Morgan fingerprint density at radius 2 is 1.64 bits per heavy atom. The summed E-state index contributed by atoms with van der Waals surface area (Å²) in [7, 11) is -3.48. The normalized spacial score (nSPS) is 16.4. The van der Waals surface area contributed by atoms with E-state index in [2.05, 4.69) is 11.4 Å². The largest absolute Gasteiger partial charge is 0.326 e. The lowest BCUT2D eigenvalue weighted by atomic mass is 9.97. The van der Waals surface area contributed by atoms with Gasteiger partial charge in [-0.05, 0) is 61.6 Å². The van der Waals surface area contributed by atoms with Crippen LogP contribution >= 0.6 is 0 Å². The van der Waals surface area contributed by atoms with Gasteiger partial charge in [-0.15, -0.1) is 0 Å². The van der Waals surface area contributed by atoms with E-state index in [0.29, 0.717) is 25.9 Å². The molecule has 1 heterocycles. The standard InChI is InChI=1S/C22H26N2O3S/c1-17-14-18(2)16-21(15-17)23-22(25)20-8-11-24(12-9-20)28(26,27)13-10-19-6-4-3-5-7-19/h3-7,10,13-16,20H,8-9,11-12H2,1-2H3,(H,23,25). The Hall–Kier alpha value is -2.44. The lowest BCUT2D eigenvalue weighted by molar-refractivity contribution is -0.120. The van der Waals surface area contributed by atoms with E-state index in [4.69, 9.17) is 0 Å². The monoisotopic (exact) mass is 398 g/mol. The zero-order chi connectivity index (χ0) is 20.1. The third-order valence-corrected chi connectivity index (χ3v) is 6.47. The molecule has 28 heavy (non-hydrogen) atoms. The first-order valence-electron chi connectivity index (χ1n) is 9.46. The van der Waals surface area contributed by atoms with E-state index in [9.17, 15) is 13.2 Å². The van der Waals surface area contributed by atoms with Crippen molar-refractivity contribution >= 4 is 27.7 Å². The zero-order valence-corrected chi connectivity index (χ0v) is 17.1. The van der Waals surface area contributed by atoms with Gasteiger partial charge in [0.15, 0.2) is 0 Å². The second kappa shape index (κ2) is 8.71. The van der Waals surface area contributed by atoms with Gasteiger partial charge in [-0.3, -0.25) is 4.79 Å². The number of anilines is 1. The van der Waals surface area contributed by atoms with Crippen LogP contribution in [-0.2, 0) is 14.8 Å². The highest BCUT2D eigenvalue weighted by Crippen LogP contribution is 2.23. The summed E-state index contributed by atoms with van der Waals surface area (Å²) in [6.07, 6.45) is 2.65. The van der Waals surface area contributed by atoms with Crippen molar-refractivity contribution in [2.75, 3.05) is 18.4 Å². The summed E-state index contributed by atoms with van der Waals surface area (Å²) in [5.41, 5.74) is 3.83. The van der Waals surface area contributed by atoms with E-state index in [-0.39, 0.29) is 11.8 Å². The van der Waals surface area contributed by atoms with E-state index in [1.54, 1.807) is 6.08 Å². The van der Waals surface area contributed by atoms with Crippen LogP contribution in [0.4, 0.5) is 5.69 Å². The molecule has 1 amide bonds. The molecule has 6 heteroatoms. The molecule has 1 aliphatic heterocycles. The molecule has 2 aromatic rings. The Morgan fingerprint density at radius 1 is 1.04 bits per heavy atom. The van der Waals surface area contributed by atoms with Crippen LogP contribution in [0.1, 0.15) is 29.5 Å². The third-order valence-electron chi connectivity index (χ3n) is 4.91. The molecule has 0 aliphatic carbocycles. The second-order valence-corrected chi connectivity index (χ2v) is 9.12. The van der Waals surface area contributed by atoms with Crippen LogP contribution < -0.4 is 5.32 Å². The number of sulfonamides is 1. The summed E-state index contributed by atoms with van der Waals surface area (Å²) in [6, 6.07) is 15.3. The lowest BCUT2D eigenvalue weighted by Crippen LogP contribution is -2.40. The highest BCUT2D eigenvalue weighted by atomic mass is 32.2. The number of aryl methyl sites for hydroxylation is 2. The van der Waals surface area contributed by atoms with Gasteiger partial charge in [0.05, 0.1) is 0 Å². The SMILES string of the molecule is Cc1cc(C)cc(NC(=O)C2CCN(S(=O)(=O)C=Cc3ccccc3)CC2)c1. The molecule has 5 nitrogen and oxygen atoms in total. The Balaban J connectivity index is 1.57. The fraction of sp³-hybridized carbons (Fsp3) is 0.318. The van der Waals surface area contributed by atoms with Crippen molar-refractivity contribution in [2.24, 2.45) is 5.92 Å². The molecule has 0 spiro atoms. The van der Waals surface area contributed by atoms with Gasteiger partial charge in [-0.2, -0.15) is 4.31 Å². The average molecular weight is 399 g/mol. The van der Waals surface area contributed by atoms with Crippen molar-refractivity contribution in [3.05, 3.63) is 70.6 Å². The Labute approximate surface area is 167 Å². The summed E-state index contributed by atoms with van der Waals surface area (Å²) in [5.74, 6) is -0.216. The molecule has 0 bridgehead atoms. The van der Waals surface area contributed by atoms with Crippen LogP contribution in [0, 0.1) is 19.8 Å². The molecule has 0 unspecified atom stereocenters. The Bertz CT molecular complexity index is 940. The second-order valence-electron chi connectivity index (χ2n) is 7.30. The van der Waals surface area contributed by atoms with E-state index in [1.807, 2.05) is 56.3 Å². The third kappa shape index (κ3) is 5.30. The number of piperidine rings is 1. The van der Waals surface area contributed by atoms with Gasteiger partial charge in [0, 0.05) is 30.1 Å². The van der Waals surface area contributed by atoms with Gasteiger partial charge >= 0.3 is 0 Å². The molecule has 0 radical (unpaired) electrons. The molecule has 1 saturated heterocycles. The number of carbonyl (C=O) groups is 1. The molecule has 1 N–H and O–H groups in total. The number of benzene rings is 2. The van der Waals surface area contributed by atoms with Crippen LogP contribution in [-0.4, -0.2) is 31.7 Å². The van der Waals surface area contributed by atoms with Crippen LogP contribution in [0.3, 0.4) is 0 Å². The predicted octanol–water partition coefficient (Wildman–Crippen LogP) is 3.95. The van der Waals surface area contributed by atoms with Gasteiger partial charge in [0.2, 0.25) is 15.9 Å². The number of nitrogens with one attached hydrogen (secondary N) is 1. The minimum atomic E-state index is -3.48. The average Bonchev–Trinajstić information content (AvgIpc) is 2.66. The first-order chi connectivity index (χ1) is 13.3. The highest BCUT2D eigenvalue weighted by Gasteiger charge is 2.30. The molecule has 0 saturated carbocycles. The quantitative estimate of drug-likeness (QED) is 0.829. The number of rotatable bonds is 5. The van der Waals surface area contributed by atoms with Crippen molar-refractivity contribution in [3.8, 4) is 0 Å². The van der Waals surface area contributed by atoms with E-state index >= 15 is 0 Å². The van der Waals surface area contributed by atoms with Crippen LogP contribution in [0.5, 0.6) is 0 Å². The smallest absolute Gasteiger partial charge is 0.236 e. The Kier molecular flexibility index (Phi) is 6.31. The van der Waals surface area contributed by atoms with E-state index < -0.39 is 10.0 Å². The summed E-state index contributed by atoms with van der Waals surface area (Å²) in [5, 5.41) is 4.22. The summed E-state index contributed by atoms with van der Waals surface area (Å²) < 4.78 is 26.5. The minimum Gasteiger partial charge on any atom is -0.326 e. The van der Waals surface area contributed by atoms with E-state index in [0.717, 1.165) is 22.4 Å². The van der Waals surface area contributed by atoms with Crippen molar-refractivity contribution in [1.82, 2.24) is 4.31 Å². The molecule has 148 valence electrons. The molecule has 0 atom stereocenters. The molecule has 2 aromatic carbocycles. The molecule has 1 aliphatic rings. The van der Waals surface area contributed by atoms with Gasteiger partial charge in [0.1, 0.15) is 0 Å². The zero-order valence-electron chi connectivity index (χ0n) is 16.3. The molecular weight excluding hydrogens is 372 g/mol. The maximum Gasteiger partial charge on any atom is 0.236 e. The summed E-state index contributed by atoms with van der Waals surface area (Å²) >= 11 is 0. The Morgan fingerprint density at radius 3 is 2.25 bits per heavy atom. The van der Waals surface area contributed by atoms with Gasteiger partial charge < -0.3 is 5.32 Å². The number of hydrogen-bond donors (Lipinski definition) is 1. The van der Waals surface area contributed by atoms with Crippen LogP contribution in [0.25, 0.3) is 6.08 Å². The van der Waals surface area contributed by atoms with Crippen LogP contribution in [0.2, 0.25) is 0 Å². The minimum absolute atomic E-state index is 0.0399. The molecular formula is C22H26N2O3S. The predicted molar refractivity (Wildman–Crippen MR) is 113 cm³/mol. The first-order valence-corrected chi connectivity index (χ1v) is 11.0. The number of nitrogens with zero attached hydrogens (tertiary/aromatic N) is 1. The number of carbonyl (C=O) groups excluding carboxylic acids is 1. The number of hydrogen-bond acceptors (Lipinski definition) is 3. The highest BCUT2D eigenvalue weighted by molar-refractivity contribution is 7.92. The topological polar surface area (TPSA) is 66.5 Å². The van der Waals surface area contributed by atoms with Crippen molar-refractivity contribution < 1.29 is 13.2 Å². The van der Waals surface area contributed by atoms with Gasteiger partial charge in [0.25, 0.3) is 0 Å². The molecule has 0 aromatic heterocycles. The number of amides is 1. The van der Waals surface area contributed by atoms with Gasteiger partial charge in [-0.1, -0.05) is 36.4 Å². The maximum atomic E-state index is 12.6. The molecule has 3 rings (SSSR count). The van der Waals surface area contributed by atoms with Crippen molar-refractivity contribution in [3.63, 3.8) is 0 Å². The fourth-order valence-electron chi connectivity index (χ4n) is 3.48. The fourth-order valence-corrected chi connectivity index (χ4v) is 4.70. The van der Waals surface area contributed by atoms with Crippen LogP contribution in [0.15, 0.2) is 53.9 Å². The lowest BCUT2D eigenvalue weighted by Gasteiger charge is -2.29. The van der Waals surface area contributed by atoms with E-state index in [1.165, 1.54) is 9.71 Å². The van der Waals surface area contributed by atoms with Crippen molar-refractivity contribution in [2.45, 2.75) is 26.7 Å². The first kappa shape index (κ1) is 20.3.